The van der Waals surface area contributed by atoms with Crippen LogP contribution in [0.5, 0.6) is 0 Å². The molecule has 1 aliphatic rings. The zero-order chi connectivity index (χ0) is 12.9. The lowest BCUT2D eigenvalue weighted by molar-refractivity contribution is 0.343. The van der Waals surface area contributed by atoms with Crippen LogP contribution in [0.4, 0.5) is 0 Å². The summed E-state index contributed by atoms with van der Waals surface area (Å²) >= 11 is 0. The molecule has 0 spiro atoms. The van der Waals surface area contributed by atoms with Crippen molar-refractivity contribution in [1.29, 1.82) is 0 Å². The van der Waals surface area contributed by atoms with E-state index in [1.165, 1.54) is 12.8 Å². The van der Waals surface area contributed by atoms with Crippen LogP contribution in [0, 0.1) is 5.41 Å². The van der Waals surface area contributed by atoms with Gasteiger partial charge in [0.15, 0.2) is 0 Å². The van der Waals surface area contributed by atoms with Crippen LogP contribution in [0.2, 0.25) is 0 Å². The second-order valence-electron chi connectivity index (χ2n) is 5.44. The fourth-order valence-electron chi connectivity index (χ4n) is 2.41. The molecule has 0 aromatic carbocycles. The number of hydrogen-bond donors (Lipinski definition) is 1. The Hall–Kier alpha value is -0.0900. The highest BCUT2D eigenvalue weighted by Gasteiger charge is 2.47. The van der Waals surface area contributed by atoms with Crippen molar-refractivity contribution >= 4 is 9.84 Å². The van der Waals surface area contributed by atoms with Gasteiger partial charge in [-0.15, -0.1) is 0 Å². The van der Waals surface area contributed by atoms with E-state index < -0.39 is 9.84 Å². The standard InChI is InChI=1S/C13H27NO2S/c1-4-9-14-12(3)13(6-7-13)8-11-17(15,16)10-5-2/h12,14H,4-11H2,1-3H3. The summed E-state index contributed by atoms with van der Waals surface area (Å²) in [4.78, 5) is 0. The normalized spacial score (nSPS) is 20.2. The number of nitrogens with one attached hydrogen (secondary N) is 1. The lowest BCUT2D eigenvalue weighted by Crippen LogP contribution is -2.36. The van der Waals surface area contributed by atoms with Crippen LogP contribution < -0.4 is 5.32 Å². The average molecular weight is 261 g/mol. The molecular formula is C13H27NO2S. The Morgan fingerprint density at radius 3 is 2.29 bits per heavy atom. The summed E-state index contributed by atoms with van der Waals surface area (Å²) in [6.45, 7) is 7.32. The first-order valence-corrected chi connectivity index (χ1v) is 8.72. The molecule has 17 heavy (non-hydrogen) atoms. The predicted molar refractivity (Wildman–Crippen MR) is 73.0 cm³/mol. The van der Waals surface area contributed by atoms with Gasteiger partial charge in [0, 0.05) is 11.8 Å². The molecule has 102 valence electrons. The van der Waals surface area contributed by atoms with Gasteiger partial charge in [-0.05, 0) is 51.0 Å². The molecule has 0 bridgehead atoms. The Bertz CT molecular complexity index is 320. The van der Waals surface area contributed by atoms with Crippen LogP contribution in [-0.4, -0.2) is 32.5 Å². The van der Waals surface area contributed by atoms with Crippen molar-refractivity contribution in [3.63, 3.8) is 0 Å². The van der Waals surface area contributed by atoms with Gasteiger partial charge in [0.1, 0.15) is 9.84 Å². The van der Waals surface area contributed by atoms with E-state index in [0.717, 1.165) is 25.8 Å². The van der Waals surface area contributed by atoms with Crippen LogP contribution in [0.15, 0.2) is 0 Å². The third kappa shape index (κ3) is 4.59. The molecule has 1 rings (SSSR count). The molecule has 3 nitrogen and oxygen atoms in total. The van der Waals surface area contributed by atoms with Gasteiger partial charge in [0.05, 0.1) is 5.75 Å². The van der Waals surface area contributed by atoms with Gasteiger partial charge in [0.2, 0.25) is 0 Å². The lowest BCUT2D eigenvalue weighted by Gasteiger charge is -2.24. The summed E-state index contributed by atoms with van der Waals surface area (Å²) in [5, 5.41) is 3.51. The molecule has 1 atom stereocenters. The van der Waals surface area contributed by atoms with Crippen molar-refractivity contribution in [2.75, 3.05) is 18.1 Å². The van der Waals surface area contributed by atoms with E-state index in [4.69, 9.17) is 0 Å². The molecule has 0 aromatic rings. The zero-order valence-corrected chi connectivity index (χ0v) is 12.3. The van der Waals surface area contributed by atoms with Crippen molar-refractivity contribution in [3.05, 3.63) is 0 Å². The summed E-state index contributed by atoms with van der Waals surface area (Å²) < 4.78 is 23.4. The second kappa shape index (κ2) is 6.19. The first-order chi connectivity index (χ1) is 7.96. The first-order valence-electron chi connectivity index (χ1n) is 6.89. The highest BCUT2D eigenvalue weighted by molar-refractivity contribution is 7.91. The molecule has 1 saturated carbocycles. The van der Waals surface area contributed by atoms with E-state index >= 15 is 0 Å². The smallest absolute Gasteiger partial charge is 0.150 e. The molecule has 0 aromatic heterocycles. The maximum atomic E-state index is 11.7. The van der Waals surface area contributed by atoms with E-state index in [9.17, 15) is 8.42 Å². The van der Waals surface area contributed by atoms with Crippen LogP contribution in [0.25, 0.3) is 0 Å². The SMILES string of the molecule is CCCNC(C)C1(CCS(=O)(=O)CCC)CC1. The number of hydrogen-bond acceptors (Lipinski definition) is 3. The largest absolute Gasteiger partial charge is 0.314 e. The van der Waals surface area contributed by atoms with Gasteiger partial charge in [-0.3, -0.25) is 0 Å². The monoisotopic (exact) mass is 261 g/mol. The van der Waals surface area contributed by atoms with Crippen molar-refractivity contribution in [3.8, 4) is 0 Å². The van der Waals surface area contributed by atoms with E-state index in [1.54, 1.807) is 0 Å². The van der Waals surface area contributed by atoms with Crippen molar-refractivity contribution in [2.24, 2.45) is 5.41 Å². The van der Waals surface area contributed by atoms with Crippen LogP contribution in [0.1, 0.15) is 52.9 Å². The van der Waals surface area contributed by atoms with Crippen LogP contribution in [-0.2, 0) is 9.84 Å². The molecule has 1 aliphatic carbocycles. The van der Waals surface area contributed by atoms with E-state index in [2.05, 4.69) is 19.2 Å². The predicted octanol–water partition coefficient (Wildman–Crippen LogP) is 2.37. The van der Waals surface area contributed by atoms with E-state index in [0.29, 0.717) is 17.5 Å². The Morgan fingerprint density at radius 2 is 1.82 bits per heavy atom. The number of sulfone groups is 1. The van der Waals surface area contributed by atoms with Gasteiger partial charge in [-0.1, -0.05) is 13.8 Å². The Labute approximate surface area is 106 Å². The Morgan fingerprint density at radius 1 is 1.18 bits per heavy atom. The van der Waals surface area contributed by atoms with E-state index in [1.807, 2.05) is 6.92 Å². The summed E-state index contributed by atoms with van der Waals surface area (Å²) in [5.74, 6) is 0.721. The molecule has 1 unspecified atom stereocenters. The van der Waals surface area contributed by atoms with Gasteiger partial charge in [-0.25, -0.2) is 8.42 Å². The summed E-state index contributed by atoms with van der Waals surface area (Å²) in [6.07, 6.45) is 5.08. The first kappa shape index (κ1) is 15.0. The fraction of sp³-hybridized carbons (Fsp3) is 1.00. The molecule has 4 heteroatoms. The minimum absolute atomic E-state index is 0.274. The van der Waals surface area contributed by atoms with Crippen LogP contribution in [0.3, 0.4) is 0 Å². The lowest BCUT2D eigenvalue weighted by atomic mass is 9.95. The molecule has 0 heterocycles. The summed E-state index contributed by atoms with van der Waals surface area (Å²) in [5.41, 5.74) is 0.274. The molecule has 1 N–H and O–H groups in total. The van der Waals surface area contributed by atoms with E-state index in [-0.39, 0.29) is 5.41 Å². The molecule has 0 aliphatic heterocycles. The van der Waals surface area contributed by atoms with Gasteiger partial charge >= 0.3 is 0 Å². The quantitative estimate of drug-likeness (QED) is 0.693. The Balaban J connectivity index is 2.40. The third-order valence-electron chi connectivity index (χ3n) is 3.94. The van der Waals surface area contributed by atoms with Gasteiger partial charge in [-0.2, -0.15) is 0 Å². The van der Waals surface area contributed by atoms with Crippen molar-refractivity contribution in [1.82, 2.24) is 5.32 Å². The molecular weight excluding hydrogens is 234 g/mol. The molecule has 0 saturated heterocycles. The molecule has 0 radical (unpaired) electrons. The maximum Gasteiger partial charge on any atom is 0.150 e. The van der Waals surface area contributed by atoms with Gasteiger partial charge in [0.25, 0.3) is 0 Å². The second-order valence-corrected chi connectivity index (χ2v) is 7.74. The minimum Gasteiger partial charge on any atom is -0.314 e. The topological polar surface area (TPSA) is 46.2 Å². The van der Waals surface area contributed by atoms with Gasteiger partial charge < -0.3 is 5.32 Å². The molecule has 0 amide bonds. The zero-order valence-electron chi connectivity index (χ0n) is 11.5. The van der Waals surface area contributed by atoms with Crippen LogP contribution >= 0.6 is 0 Å². The molecule has 1 fully saturated rings. The minimum atomic E-state index is -2.81. The van der Waals surface area contributed by atoms with Crippen molar-refractivity contribution in [2.45, 2.75) is 58.9 Å². The highest BCUT2D eigenvalue weighted by Crippen LogP contribution is 2.51. The summed E-state index contributed by atoms with van der Waals surface area (Å²) in [7, 11) is -2.81. The number of rotatable bonds is 9. The Kier molecular flexibility index (Phi) is 5.45. The third-order valence-corrected chi connectivity index (χ3v) is 5.79. The fourth-order valence-corrected chi connectivity index (χ4v) is 3.95. The maximum absolute atomic E-state index is 11.7. The average Bonchev–Trinajstić information content (AvgIpc) is 3.04. The highest BCUT2D eigenvalue weighted by atomic mass is 32.2. The van der Waals surface area contributed by atoms with Crippen molar-refractivity contribution < 1.29 is 8.42 Å². The summed E-state index contributed by atoms with van der Waals surface area (Å²) in [6, 6.07) is 0.458.